The van der Waals surface area contributed by atoms with Gasteiger partial charge in [-0.1, -0.05) is 37.7 Å². The summed E-state index contributed by atoms with van der Waals surface area (Å²) >= 11 is 1.35. The van der Waals surface area contributed by atoms with Crippen LogP contribution < -0.4 is 0 Å². The lowest BCUT2D eigenvalue weighted by Gasteiger charge is -2.07. The highest BCUT2D eigenvalue weighted by Gasteiger charge is 2.20. The third-order valence-electron chi connectivity index (χ3n) is 4.00. The van der Waals surface area contributed by atoms with E-state index in [9.17, 15) is 15.2 Å². The fraction of sp³-hybridized carbons (Fsp3) is 0.263. The number of pyridine rings is 1. The molecule has 0 amide bonds. The van der Waals surface area contributed by atoms with E-state index in [1.165, 1.54) is 23.9 Å². The van der Waals surface area contributed by atoms with Gasteiger partial charge in [0.15, 0.2) is 0 Å². The van der Waals surface area contributed by atoms with Gasteiger partial charge >= 0.3 is 0 Å². The predicted octanol–water partition coefficient (Wildman–Crippen LogP) is 4.26. The van der Waals surface area contributed by atoms with Crippen LogP contribution in [0.5, 0.6) is 0 Å². The molecule has 1 aromatic carbocycles. The number of non-ortho nitro benzene ring substituents is 1. The minimum absolute atomic E-state index is 0.0402. The van der Waals surface area contributed by atoms with E-state index < -0.39 is 11.0 Å². The lowest BCUT2D eigenvalue weighted by molar-refractivity contribution is -0.385. The zero-order valence-electron chi connectivity index (χ0n) is 15.0. The van der Waals surface area contributed by atoms with E-state index >= 15 is 0 Å². The molecule has 2 N–H and O–H groups in total. The molecule has 0 aliphatic rings. The van der Waals surface area contributed by atoms with Gasteiger partial charge in [0.2, 0.25) is 0 Å². The molecule has 0 aliphatic carbocycles. The summed E-state index contributed by atoms with van der Waals surface area (Å²) in [5.41, 5.74) is 1.85. The molecular weight excluding hydrogens is 364 g/mol. The van der Waals surface area contributed by atoms with Crippen LogP contribution in [0.15, 0.2) is 58.7 Å². The first-order chi connectivity index (χ1) is 12.9. The monoisotopic (exact) mass is 384 g/mol. The van der Waals surface area contributed by atoms with Crippen LogP contribution in [-0.4, -0.2) is 25.0 Å². The summed E-state index contributed by atoms with van der Waals surface area (Å²) in [6, 6.07) is 10.2. The second-order valence-electron chi connectivity index (χ2n) is 6.43. The summed E-state index contributed by atoms with van der Waals surface area (Å²) in [5.74, 6) is 0.647. The predicted molar refractivity (Wildman–Crippen MR) is 103 cm³/mol. The highest BCUT2D eigenvalue weighted by atomic mass is 32.2. The summed E-state index contributed by atoms with van der Waals surface area (Å²) in [6.45, 7) is 4.06. The van der Waals surface area contributed by atoms with Gasteiger partial charge < -0.3 is 10.1 Å². The number of hydrogen-bond donors (Lipinski definition) is 2. The molecule has 3 rings (SSSR count). The third-order valence-corrected chi connectivity index (χ3v) is 5.00. The van der Waals surface area contributed by atoms with Crippen LogP contribution in [0.25, 0.3) is 0 Å². The van der Waals surface area contributed by atoms with E-state index in [1.54, 1.807) is 18.5 Å². The number of nitro groups is 1. The average Bonchev–Trinajstić information content (AvgIpc) is 3.07. The molecule has 0 bridgehead atoms. The largest absolute Gasteiger partial charge is 0.385 e. The van der Waals surface area contributed by atoms with E-state index in [0.717, 1.165) is 16.2 Å². The van der Waals surface area contributed by atoms with Gasteiger partial charge in [0.05, 0.1) is 10.6 Å². The number of aromatic nitrogens is 3. The molecule has 0 spiro atoms. The highest BCUT2D eigenvalue weighted by molar-refractivity contribution is 7.99. The molecule has 0 aliphatic heterocycles. The molecule has 1 unspecified atom stereocenters. The summed E-state index contributed by atoms with van der Waals surface area (Å²) in [4.78, 5) is 23.1. The Morgan fingerprint density at radius 2 is 2.11 bits per heavy atom. The first kappa shape index (κ1) is 19.1. The molecule has 7 nitrogen and oxygen atoms in total. The van der Waals surface area contributed by atoms with Gasteiger partial charge in [-0.25, -0.2) is 4.98 Å². The van der Waals surface area contributed by atoms with Gasteiger partial charge in [0.1, 0.15) is 17.0 Å². The number of nitro benzene ring substituents is 1. The normalized spacial score (nSPS) is 12.3. The molecule has 0 fully saturated rings. The van der Waals surface area contributed by atoms with E-state index in [2.05, 4.69) is 15.0 Å². The number of hydrogen-bond acceptors (Lipinski definition) is 6. The standard InChI is InChI=1S/C19H20N4O3S/c1-12(2)17-19(27-15-7-3-6-14(10-15)23(25)26)22-18(21-17)16(24)9-13-5-4-8-20-11-13/h3-8,10-12,16,24H,9H2,1-2H3,(H,21,22). The van der Waals surface area contributed by atoms with Gasteiger partial charge in [-0.05, 0) is 23.6 Å². The first-order valence-electron chi connectivity index (χ1n) is 8.53. The molecular formula is C19H20N4O3S. The number of aromatic amines is 1. The van der Waals surface area contributed by atoms with Crippen LogP contribution >= 0.6 is 11.8 Å². The number of rotatable bonds is 7. The van der Waals surface area contributed by atoms with Gasteiger partial charge in [-0.2, -0.15) is 0 Å². The van der Waals surface area contributed by atoms with Crippen molar-refractivity contribution in [3.63, 3.8) is 0 Å². The number of benzene rings is 1. The van der Waals surface area contributed by atoms with Crippen LogP contribution in [0, 0.1) is 10.1 Å². The van der Waals surface area contributed by atoms with Gasteiger partial charge in [0, 0.05) is 35.8 Å². The van der Waals surface area contributed by atoms with Crippen molar-refractivity contribution in [3.05, 3.63) is 76.0 Å². The van der Waals surface area contributed by atoms with Crippen LogP contribution in [0.1, 0.15) is 43.0 Å². The van der Waals surface area contributed by atoms with Crippen molar-refractivity contribution < 1.29 is 10.0 Å². The van der Waals surface area contributed by atoms with Crippen LogP contribution in [0.2, 0.25) is 0 Å². The Morgan fingerprint density at radius 3 is 2.78 bits per heavy atom. The Labute approximate surface area is 161 Å². The molecule has 0 saturated carbocycles. The highest BCUT2D eigenvalue weighted by Crippen LogP contribution is 2.35. The van der Waals surface area contributed by atoms with Gasteiger partial charge in [-0.3, -0.25) is 15.1 Å². The lowest BCUT2D eigenvalue weighted by atomic mass is 10.1. The Morgan fingerprint density at radius 1 is 1.30 bits per heavy atom. The van der Waals surface area contributed by atoms with E-state index in [0.29, 0.717) is 17.3 Å². The van der Waals surface area contributed by atoms with Crippen molar-refractivity contribution in [2.75, 3.05) is 0 Å². The molecule has 1 atom stereocenters. The van der Waals surface area contributed by atoms with Crippen LogP contribution in [0.3, 0.4) is 0 Å². The maximum Gasteiger partial charge on any atom is 0.270 e. The van der Waals surface area contributed by atoms with Crippen molar-refractivity contribution in [1.29, 1.82) is 0 Å². The van der Waals surface area contributed by atoms with E-state index in [4.69, 9.17) is 0 Å². The van der Waals surface area contributed by atoms with Crippen molar-refractivity contribution in [3.8, 4) is 0 Å². The molecule has 27 heavy (non-hydrogen) atoms. The summed E-state index contributed by atoms with van der Waals surface area (Å²) in [7, 11) is 0. The zero-order valence-corrected chi connectivity index (χ0v) is 15.8. The van der Waals surface area contributed by atoms with Crippen LogP contribution in [-0.2, 0) is 6.42 Å². The Bertz CT molecular complexity index is 928. The lowest BCUT2D eigenvalue weighted by Crippen LogP contribution is -2.04. The summed E-state index contributed by atoms with van der Waals surface area (Å²) in [6.07, 6.45) is 3.02. The number of aliphatic hydroxyl groups excluding tert-OH is 1. The van der Waals surface area contributed by atoms with Crippen molar-refractivity contribution in [1.82, 2.24) is 15.0 Å². The first-order valence-corrected chi connectivity index (χ1v) is 9.34. The molecule has 0 radical (unpaired) electrons. The smallest absolute Gasteiger partial charge is 0.270 e. The minimum Gasteiger partial charge on any atom is -0.385 e. The Hall–Kier alpha value is -2.71. The fourth-order valence-electron chi connectivity index (χ4n) is 2.63. The van der Waals surface area contributed by atoms with Crippen molar-refractivity contribution >= 4 is 17.4 Å². The topological polar surface area (TPSA) is 105 Å². The minimum atomic E-state index is -0.786. The van der Waals surface area contributed by atoms with Crippen molar-refractivity contribution in [2.45, 2.75) is 42.2 Å². The van der Waals surface area contributed by atoms with Crippen LogP contribution in [0.4, 0.5) is 5.69 Å². The molecule has 0 saturated heterocycles. The molecule has 3 aromatic rings. The number of nitrogens with one attached hydrogen (secondary N) is 1. The third kappa shape index (κ3) is 4.72. The average molecular weight is 384 g/mol. The second-order valence-corrected chi connectivity index (χ2v) is 7.50. The summed E-state index contributed by atoms with van der Waals surface area (Å²) in [5, 5.41) is 22.3. The summed E-state index contributed by atoms with van der Waals surface area (Å²) < 4.78 is 0. The fourth-order valence-corrected chi connectivity index (χ4v) is 3.72. The van der Waals surface area contributed by atoms with E-state index in [1.807, 2.05) is 32.0 Å². The quantitative estimate of drug-likeness (QED) is 0.466. The number of aliphatic hydroxyl groups is 1. The molecule has 2 aromatic heterocycles. The number of nitrogens with zero attached hydrogens (tertiary/aromatic N) is 3. The molecule has 2 heterocycles. The number of imidazole rings is 1. The van der Waals surface area contributed by atoms with Crippen molar-refractivity contribution in [2.24, 2.45) is 0 Å². The Kier molecular flexibility index (Phi) is 5.88. The molecule has 8 heteroatoms. The van der Waals surface area contributed by atoms with Gasteiger partial charge in [0.25, 0.3) is 5.69 Å². The molecule has 140 valence electrons. The number of H-pyrrole nitrogens is 1. The zero-order chi connectivity index (χ0) is 19.4. The maximum atomic E-state index is 11.0. The second kappa shape index (κ2) is 8.32. The maximum absolute atomic E-state index is 11.0. The van der Waals surface area contributed by atoms with E-state index in [-0.39, 0.29) is 11.6 Å². The van der Waals surface area contributed by atoms with Gasteiger partial charge in [-0.15, -0.1) is 0 Å². The Balaban J connectivity index is 1.85. The SMILES string of the molecule is CC(C)c1[nH]c(C(O)Cc2cccnc2)nc1Sc1cccc([N+](=O)[O-])c1.